The highest BCUT2D eigenvalue weighted by atomic mass is 16.3. The summed E-state index contributed by atoms with van der Waals surface area (Å²) in [5, 5.41) is 0. The molecule has 0 saturated carbocycles. The molecule has 26 heavy (non-hydrogen) atoms. The van der Waals surface area contributed by atoms with Gasteiger partial charge in [0.15, 0.2) is 0 Å². The van der Waals surface area contributed by atoms with E-state index in [0.717, 1.165) is 19.3 Å². The van der Waals surface area contributed by atoms with Crippen LogP contribution in [0.1, 0.15) is 28.8 Å². The van der Waals surface area contributed by atoms with Crippen LogP contribution in [0.25, 0.3) is 11.5 Å². The Hall–Kier alpha value is -3.08. The van der Waals surface area contributed by atoms with Gasteiger partial charge in [0.2, 0.25) is 0 Å². The van der Waals surface area contributed by atoms with Gasteiger partial charge in [0.1, 0.15) is 11.3 Å². The maximum absolute atomic E-state index is 12.9. The minimum absolute atomic E-state index is 0.133. The van der Waals surface area contributed by atoms with E-state index >= 15 is 0 Å². The van der Waals surface area contributed by atoms with Crippen molar-refractivity contribution in [2.24, 2.45) is 0 Å². The van der Waals surface area contributed by atoms with Crippen molar-refractivity contribution in [1.82, 2.24) is 9.88 Å². The van der Waals surface area contributed by atoms with Crippen LogP contribution in [-0.2, 0) is 6.42 Å². The van der Waals surface area contributed by atoms with Crippen LogP contribution in [0.5, 0.6) is 0 Å². The largest absolute Gasteiger partial charge is 0.463 e. The molecule has 0 aliphatic carbocycles. The normalized spacial score (nSPS) is 16.8. The van der Waals surface area contributed by atoms with Gasteiger partial charge in [-0.2, -0.15) is 0 Å². The standard InChI is InChI=1S/C21H20N2O3/c24-20-17(10-11-18(22-20)19-9-5-13-26-19)21(25)23-12-4-8-16(23)14-15-6-2-1-3-7-15/h1-3,5-7,9-11,13,16H,4,8,12,14H2,(H,22,24). The number of amides is 1. The summed E-state index contributed by atoms with van der Waals surface area (Å²) in [6, 6.07) is 17.1. The number of aromatic amines is 1. The molecule has 2 aromatic heterocycles. The number of pyridine rings is 1. The van der Waals surface area contributed by atoms with Crippen LogP contribution < -0.4 is 5.56 Å². The molecule has 5 heteroatoms. The SMILES string of the molecule is O=C(c1ccc(-c2ccco2)[nH]c1=O)N1CCCC1Cc1ccccc1. The summed E-state index contributed by atoms with van der Waals surface area (Å²) in [5.74, 6) is 0.375. The summed E-state index contributed by atoms with van der Waals surface area (Å²) >= 11 is 0. The van der Waals surface area contributed by atoms with Gasteiger partial charge in [-0.15, -0.1) is 0 Å². The molecule has 1 saturated heterocycles. The fourth-order valence-corrected chi connectivity index (χ4v) is 3.57. The highest BCUT2D eigenvalue weighted by Gasteiger charge is 2.30. The number of furan rings is 1. The molecule has 1 aliphatic rings. The van der Waals surface area contributed by atoms with Crippen molar-refractivity contribution >= 4 is 5.91 Å². The number of rotatable bonds is 4. The Morgan fingerprint density at radius 3 is 2.69 bits per heavy atom. The van der Waals surface area contributed by atoms with Gasteiger partial charge in [0.25, 0.3) is 11.5 Å². The zero-order valence-electron chi connectivity index (χ0n) is 14.4. The number of carbonyl (C=O) groups excluding carboxylic acids is 1. The number of aromatic nitrogens is 1. The molecule has 4 rings (SSSR count). The average Bonchev–Trinajstić information content (AvgIpc) is 3.34. The van der Waals surface area contributed by atoms with Crippen LogP contribution in [0.2, 0.25) is 0 Å². The molecule has 1 fully saturated rings. The van der Waals surface area contributed by atoms with Crippen molar-refractivity contribution in [3.63, 3.8) is 0 Å². The predicted octanol–water partition coefficient (Wildman–Crippen LogP) is 3.48. The van der Waals surface area contributed by atoms with E-state index in [2.05, 4.69) is 17.1 Å². The Kier molecular flexibility index (Phi) is 4.44. The molecule has 1 N–H and O–H groups in total. The summed E-state index contributed by atoms with van der Waals surface area (Å²) in [6.45, 7) is 0.690. The lowest BCUT2D eigenvalue weighted by Crippen LogP contribution is -2.39. The van der Waals surface area contributed by atoms with Crippen LogP contribution in [0, 0.1) is 0 Å². The van der Waals surface area contributed by atoms with E-state index in [0.29, 0.717) is 18.0 Å². The first-order valence-electron chi connectivity index (χ1n) is 8.84. The quantitative estimate of drug-likeness (QED) is 0.785. The van der Waals surface area contributed by atoms with E-state index in [-0.39, 0.29) is 23.1 Å². The van der Waals surface area contributed by atoms with Crippen molar-refractivity contribution in [1.29, 1.82) is 0 Å². The minimum Gasteiger partial charge on any atom is -0.463 e. The molecule has 5 nitrogen and oxygen atoms in total. The molecule has 1 amide bonds. The molecule has 0 radical (unpaired) electrons. The average molecular weight is 348 g/mol. The number of carbonyl (C=O) groups is 1. The fourth-order valence-electron chi connectivity index (χ4n) is 3.57. The van der Waals surface area contributed by atoms with E-state index in [4.69, 9.17) is 4.42 Å². The second-order valence-corrected chi connectivity index (χ2v) is 6.58. The van der Waals surface area contributed by atoms with Crippen LogP contribution in [-0.4, -0.2) is 28.4 Å². The van der Waals surface area contributed by atoms with Crippen molar-refractivity contribution in [2.45, 2.75) is 25.3 Å². The lowest BCUT2D eigenvalue weighted by Gasteiger charge is -2.24. The van der Waals surface area contributed by atoms with Gasteiger partial charge in [-0.1, -0.05) is 30.3 Å². The number of nitrogens with zero attached hydrogens (tertiary/aromatic N) is 1. The van der Waals surface area contributed by atoms with Crippen LogP contribution in [0.4, 0.5) is 0 Å². The predicted molar refractivity (Wildman–Crippen MR) is 99.0 cm³/mol. The molecule has 1 aliphatic heterocycles. The van der Waals surface area contributed by atoms with Crippen LogP contribution in [0.3, 0.4) is 0 Å². The number of hydrogen-bond donors (Lipinski definition) is 1. The van der Waals surface area contributed by atoms with E-state index in [1.165, 1.54) is 5.56 Å². The molecular weight excluding hydrogens is 328 g/mol. The molecule has 1 atom stereocenters. The summed E-state index contributed by atoms with van der Waals surface area (Å²) in [5.41, 5.74) is 1.58. The maximum Gasteiger partial charge on any atom is 0.261 e. The van der Waals surface area contributed by atoms with E-state index in [1.54, 1.807) is 30.5 Å². The Labute approximate surface area is 151 Å². The Morgan fingerprint density at radius 2 is 1.96 bits per heavy atom. The first kappa shape index (κ1) is 16.4. The highest BCUT2D eigenvalue weighted by molar-refractivity contribution is 5.94. The van der Waals surface area contributed by atoms with E-state index < -0.39 is 0 Å². The van der Waals surface area contributed by atoms with Crippen molar-refractivity contribution in [3.05, 3.63) is 82.3 Å². The van der Waals surface area contributed by atoms with Gasteiger partial charge in [-0.05, 0) is 49.1 Å². The number of nitrogens with one attached hydrogen (secondary N) is 1. The summed E-state index contributed by atoms with van der Waals surface area (Å²) in [4.78, 5) is 30.0. The molecule has 0 bridgehead atoms. The first-order valence-corrected chi connectivity index (χ1v) is 8.84. The van der Waals surface area contributed by atoms with Crippen LogP contribution >= 0.6 is 0 Å². The molecule has 132 valence electrons. The monoisotopic (exact) mass is 348 g/mol. The van der Waals surface area contributed by atoms with Gasteiger partial charge < -0.3 is 14.3 Å². The zero-order valence-corrected chi connectivity index (χ0v) is 14.4. The zero-order chi connectivity index (χ0) is 17.9. The molecule has 1 unspecified atom stereocenters. The number of likely N-dealkylation sites (tertiary alicyclic amines) is 1. The van der Waals surface area contributed by atoms with Crippen molar-refractivity contribution in [2.75, 3.05) is 6.54 Å². The lowest BCUT2D eigenvalue weighted by atomic mass is 10.0. The second kappa shape index (κ2) is 7.04. The second-order valence-electron chi connectivity index (χ2n) is 6.58. The van der Waals surface area contributed by atoms with E-state index in [1.807, 2.05) is 23.1 Å². The van der Waals surface area contributed by atoms with Gasteiger partial charge in [0.05, 0.1) is 12.0 Å². The molecule has 3 aromatic rings. The van der Waals surface area contributed by atoms with Crippen LogP contribution in [0.15, 0.2) is 70.1 Å². The third-order valence-electron chi connectivity index (χ3n) is 4.88. The minimum atomic E-state index is -0.380. The van der Waals surface area contributed by atoms with Gasteiger partial charge >= 0.3 is 0 Å². The van der Waals surface area contributed by atoms with Gasteiger partial charge in [-0.25, -0.2) is 0 Å². The first-order chi connectivity index (χ1) is 12.7. The third-order valence-corrected chi connectivity index (χ3v) is 4.88. The summed E-state index contributed by atoms with van der Waals surface area (Å²) < 4.78 is 5.29. The topological polar surface area (TPSA) is 66.3 Å². The fraction of sp³-hybridized carbons (Fsp3) is 0.238. The number of hydrogen-bond acceptors (Lipinski definition) is 3. The Bertz CT molecular complexity index is 945. The van der Waals surface area contributed by atoms with E-state index in [9.17, 15) is 9.59 Å². The molecule has 1 aromatic carbocycles. The summed E-state index contributed by atoms with van der Waals surface area (Å²) in [6.07, 6.45) is 4.29. The van der Waals surface area contributed by atoms with Crippen molar-refractivity contribution < 1.29 is 9.21 Å². The van der Waals surface area contributed by atoms with Crippen molar-refractivity contribution in [3.8, 4) is 11.5 Å². The number of benzene rings is 1. The van der Waals surface area contributed by atoms with Gasteiger partial charge in [-0.3, -0.25) is 9.59 Å². The Morgan fingerprint density at radius 1 is 1.12 bits per heavy atom. The Balaban J connectivity index is 1.56. The molecule has 0 spiro atoms. The van der Waals surface area contributed by atoms with Gasteiger partial charge in [0, 0.05) is 12.6 Å². The molecular formula is C21H20N2O3. The summed E-state index contributed by atoms with van der Waals surface area (Å²) in [7, 11) is 0. The highest BCUT2D eigenvalue weighted by Crippen LogP contribution is 2.23. The third kappa shape index (κ3) is 3.20. The maximum atomic E-state index is 12.9. The smallest absolute Gasteiger partial charge is 0.261 e. The number of H-pyrrole nitrogens is 1. The molecule has 3 heterocycles. The lowest BCUT2D eigenvalue weighted by molar-refractivity contribution is 0.0734.